The number of aryl methyl sites for hydroxylation is 4. The van der Waals surface area contributed by atoms with E-state index in [-0.39, 0.29) is 18.0 Å². The number of aromatic nitrogens is 3. The van der Waals surface area contributed by atoms with E-state index in [0.29, 0.717) is 0 Å². The van der Waals surface area contributed by atoms with Crippen molar-refractivity contribution in [1.82, 2.24) is 19.7 Å². The van der Waals surface area contributed by atoms with Gasteiger partial charge in [0.05, 0.1) is 22.4 Å². The minimum Gasteiger partial charge on any atom is -0.336 e. The number of rotatable bonds is 4. The third kappa shape index (κ3) is 3.06. The molecular formula is C16H24N4OS. The molecule has 2 rings (SSSR count). The summed E-state index contributed by atoms with van der Waals surface area (Å²) >= 11 is 1.66. The normalized spacial score (nSPS) is 14.0. The number of amides is 1. The molecule has 0 N–H and O–H groups in total. The van der Waals surface area contributed by atoms with E-state index in [4.69, 9.17) is 0 Å². The molecule has 0 spiro atoms. The Morgan fingerprint density at radius 2 is 1.91 bits per heavy atom. The maximum Gasteiger partial charge on any atom is 0.247 e. The standard InChI is InChI=1S/C16H24N4OS/c1-9-8-10(2)20(18-9)13(5)16(21)19(7)12(4)15-11(3)17-14(6)22-15/h8,12-13H,1-7H3/t12-,13-/m1/s1. The molecule has 0 aromatic carbocycles. The van der Waals surface area contributed by atoms with Gasteiger partial charge in [-0.05, 0) is 47.6 Å². The number of carbonyl (C=O) groups is 1. The van der Waals surface area contributed by atoms with Crippen LogP contribution in [0.1, 0.15) is 52.9 Å². The first kappa shape index (κ1) is 16.7. The molecule has 0 bridgehead atoms. The second kappa shape index (κ2) is 6.20. The van der Waals surface area contributed by atoms with Gasteiger partial charge in [-0.2, -0.15) is 5.10 Å². The lowest BCUT2D eigenvalue weighted by molar-refractivity contribution is -0.135. The summed E-state index contributed by atoms with van der Waals surface area (Å²) in [6, 6.07) is 1.69. The van der Waals surface area contributed by atoms with Gasteiger partial charge in [-0.15, -0.1) is 11.3 Å². The maximum absolute atomic E-state index is 12.8. The predicted molar refractivity (Wildman–Crippen MR) is 89.2 cm³/mol. The van der Waals surface area contributed by atoms with Gasteiger partial charge in [-0.1, -0.05) is 0 Å². The zero-order valence-corrected chi connectivity index (χ0v) is 15.2. The number of hydrogen-bond donors (Lipinski definition) is 0. The molecule has 0 saturated carbocycles. The van der Waals surface area contributed by atoms with Crippen molar-refractivity contribution in [1.29, 1.82) is 0 Å². The molecule has 1 amide bonds. The Labute approximate surface area is 136 Å². The molecule has 0 fully saturated rings. The highest BCUT2D eigenvalue weighted by Gasteiger charge is 2.27. The van der Waals surface area contributed by atoms with Crippen molar-refractivity contribution in [3.8, 4) is 0 Å². The predicted octanol–water partition coefficient (Wildman–Crippen LogP) is 3.35. The zero-order chi connectivity index (χ0) is 16.6. The molecule has 0 aliphatic heterocycles. The van der Waals surface area contributed by atoms with E-state index >= 15 is 0 Å². The van der Waals surface area contributed by atoms with Gasteiger partial charge < -0.3 is 4.90 Å². The summed E-state index contributed by atoms with van der Waals surface area (Å²) in [6.45, 7) is 11.9. The number of thiazole rings is 1. The highest BCUT2D eigenvalue weighted by Crippen LogP contribution is 2.29. The van der Waals surface area contributed by atoms with Crippen molar-refractivity contribution in [2.45, 2.75) is 53.6 Å². The van der Waals surface area contributed by atoms with Crippen LogP contribution in [0.4, 0.5) is 0 Å². The first-order valence-corrected chi connectivity index (χ1v) is 8.27. The average molecular weight is 320 g/mol. The smallest absolute Gasteiger partial charge is 0.247 e. The quantitative estimate of drug-likeness (QED) is 0.868. The minimum atomic E-state index is -0.310. The van der Waals surface area contributed by atoms with Gasteiger partial charge in [0, 0.05) is 17.6 Å². The first-order valence-electron chi connectivity index (χ1n) is 7.45. The molecule has 22 heavy (non-hydrogen) atoms. The van der Waals surface area contributed by atoms with Gasteiger partial charge in [-0.3, -0.25) is 9.48 Å². The van der Waals surface area contributed by atoms with Crippen LogP contribution in [-0.2, 0) is 4.79 Å². The summed E-state index contributed by atoms with van der Waals surface area (Å²) < 4.78 is 1.80. The van der Waals surface area contributed by atoms with Crippen molar-refractivity contribution in [3.63, 3.8) is 0 Å². The van der Waals surface area contributed by atoms with E-state index in [9.17, 15) is 4.79 Å². The molecule has 120 valence electrons. The van der Waals surface area contributed by atoms with Gasteiger partial charge in [0.15, 0.2) is 0 Å². The summed E-state index contributed by atoms with van der Waals surface area (Å²) in [5, 5.41) is 5.46. The molecule has 0 radical (unpaired) electrons. The van der Waals surface area contributed by atoms with Crippen LogP contribution in [0, 0.1) is 27.7 Å². The van der Waals surface area contributed by atoms with Crippen molar-refractivity contribution >= 4 is 17.2 Å². The summed E-state index contributed by atoms with van der Waals surface area (Å²) in [5.74, 6) is 0.0594. The van der Waals surface area contributed by atoms with Gasteiger partial charge in [0.2, 0.25) is 5.91 Å². The largest absolute Gasteiger partial charge is 0.336 e. The molecule has 2 atom stereocenters. The number of nitrogens with zero attached hydrogens (tertiary/aromatic N) is 4. The Hall–Kier alpha value is -1.69. The van der Waals surface area contributed by atoms with E-state index < -0.39 is 0 Å². The lowest BCUT2D eigenvalue weighted by Crippen LogP contribution is -2.35. The van der Waals surface area contributed by atoms with Crippen molar-refractivity contribution in [2.75, 3.05) is 7.05 Å². The first-order chi connectivity index (χ1) is 10.2. The second-order valence-corrected chi connectivity index (χ2v) is 7.09. The third-order valence-electron chi connectivity index (χ3n) is 4.02. The molecule has 0 unspecified atom stereocenters. The van der Waals surface area contributed by atoms with Crippen LogP contribution in [0.3, 0.4) is 0 Å². The Morgan fingerprint density at radius 3 is 2.36 bits per heavy atom. The van der Waals surface area contributed by atoms with Crippen LogP contribution >= 0.6 is 11.3 Å². The molecule has 2 aromatic heterocycles. The number of carbonyl (C=O) groups excluding carboxylic acids is 1. The van der Waals surface area contributed by atoms with E-state index in [1.807, 2.05) is 54.7 Å². The second-order valence-electron chi connectivity index (χ2n) is 5.86. The summed E-state index contributed by atoms with van der Waals surface area (Å²) in [4.78, 5) is 20.2. The molecular weight excluding hydrogens is 296 g/mol. The lowest BCUT2D eigenvalue weighted by Gasteiger charge is -2.27. The van der Waals surface area contributed by atoms with Crippen molar-refractivity contribution < 1.29 is 4.79 Å². The highest BCUT2D eigenvalue weighted by molar-refractivity contribution is 7.11. The third-order valence-corrected chi connectivity index (χ3v) is 5.26. The van der Waals surface area contributed by atoms with Crippen LogP contribution in [0.2, 0.25) is 0 Å². The SMILES string of the molecule is Cc1cc(C)n([C@H](C)C(=O)N(C)[C@H](C)c2sc(C)nc2C)n1. The molecule has 2 heterocycles. The molecule has 5 nitrogen and oxygen atoms in total. The fourth-order valence-electron chi connectivity index (χ4n) is 2.74. The summed E-state index contributed by atoms with van der Waals surface area (Å²) in [5.41, 5.74) is 2.94. The summed E-state index contributed by atoms with van der Waals surface area (Å²) in [6.07, 6.45) is 0. The molecule has 2 aromatic rings. The van der Waals surface area contributed by atoms with Gasteiger partial charge in [-0.25, -0.2) is 4.98 Å². The molecule has 6 heteroatoms. The van der Waals surface area contributed by atoms with Crippen LogP contribution in [0.25, 0.3) is 0 Å². The van der Waals surface area contributed by atoms with Crippen molar-refractivity contribution in [3.05, 3.63) is 33.0 Å². The molecule has 0 aliphatic carbocycles. The van der Waals surface area contributed by atoms with Crippen molar-refractivity contribution in [2.24, 2.45) is 0 Å². The topological polar surface area (TPSA) is 51.0 Å². The number of likely N-dealkylation sites (N-methyl/N-ethyl adjacent to an activating group) is 1. The van der Waals surface area contributed by atoms with E-state index in [1.165, 1.54) is 0 Å². The van der Waals surface area contributed by atoms with E-state index in [0.717, 1.165) is 27.0 Å². The average Bonchev–Trinajstić information content (AvgIpc) is 2.96. The maximum atomic E-state index is 12.8. The van der Waals surface area contributed by atoms with Crippen LogP contribution in [0.15, 0.2) is 6.07 Å². The lowest BCUT2D eigenvalue weighted by atomic mass is 10.2. The Bertz CT molecular complexity index is 688. The molecule has 0 saturated heterocycles. The Kier molecular flexibility index (Phi) is 4.70. The van der Waals surface area contributed by atoms with Crippen LogP contribution in [-0.4, -0.2) is 32.6 Å². The summed E-state index contributed by atoms with van der Waals surface area (Å²) in [7, 11) is 1.85. The van der Waals surface area contributed by atoms with Gasteiger partial charge >= 0.3 is 0 Å². The fraction of sp³-hybridized carbons (Fsp3) is 0.562. The Balaban J connectivity index is 2.21. The minimum absolute atomic E-state index is 0.0121. The van der Waals surface area contributed by atoms with Crippen LogP contribution < -0.4 is 0 Å². The molecule has 0 aliphatic rings. The highest BCUT2D eigenvalue weighted by atomic mass is 32.1. The number of hydrogen-bond acceptors (Lipinski definition) is 4. The monoisotopic (exact) mass is 320 g/mol. The van der Waals surface area contributed by atoms with E-state index in [1.54, 1.807) is 20.9 Å². The Morgan fingerprint density at radius 1 is 1.27 bits per heavy atom. The van der Waals surface area contributed by atoms with E-state index in [2.05, 4.69) is 10.1 Å². The van der Waals surface area contributed by atoms with Crippen LogP contribution in [0.5, 0.6) is 0 Å². The van der Waals surface area contributed by atoms with Gasteiger partial charge in [0.25, 0.3) is 0 Å². The fourth-order valence-corrected chi connectivity index (χ4v) is 3.76. The zero-order valence-electron chi connectivity index (χ0n) is 14.3. The van der Waals surface area contributed by atoms with Gasteiger partial charge in [0.1, 0.15) is 6.04 Å².